The average molecular weight is 166 g/mol. The Morgan fingerprint density at radius 3 is 2.55 bits per heavy atom. The first kappa shape index (κ1) is 8.39. The third-order valence-electron chi connectivity index (χ3n) is 1.85. The second kappa shape index (κ2) is 2.41. The molecule has 1 saturated carbocycles. The van der Waals surface area contributed by atoms with E-state index in [9.17, 15) is 13.6 Å². The van der Waals surface area contributed by atoms with Crippen LogP contribution in [0.5, 0.6) is 0 Å². The van der Waals surface area contributed by atoms with Crippen LogP contribution in [0.4, 0.5) is 8.78 Å². The zero-order chi connectivity index (χ0) is 8.65. The number of methoxy groups -OCH3 is 1. The van der Waals surface area contributed by atoms with Crippen molar-refractivity contribution in [2.24, 2.45) is 11.8 Å². The van der Waals surface area contributed by atoms with E-state index in [-0.39, 0.29) is 0 Å². The van der Waals surface area contributed by atoms with Crippen LogP contribution in [-0.4, -0.2) is 30.7 Å². The van der Waals surface area contributed by atoms with Gasteiger partial charge in [-0.25, -0.2) is 8.78 Å². The Balaban J connectivity index is 2.58. The van der Waals surface area contributed by atoms with Crippen LogP contribution in [0, 0.1) is 11.8 Å². The molecular weight excluding hydrogens is 158 g/mol. The van der Waals surface area contributed by atoms with Gasteiger partial charge in [-0.3, -0.25) is 4.79 Å². The van der Waals surface area contributed by atoms with E-state index >= 15 is 0 Å². The predicted molar refractivity (Wildman–Crippen MR) is 31.0 cm³/mol. The SMILES string of the molecule is COC(=O)C1C(CO)C1(F)F. The predicted octanol–water partition coefficient (Wildman–Crippen LogP) is 0.0330. The molecule has 0 spiro atoms. The first-order valence-electron chi connectivity index (χ1n) is 3.12. The van der Waals surface area contributed by atoms with Gasteiger partial charge in [0.1, 0.15) is 5.92 Å². The molecule has 2 atom stereocenters. The molecule has 0 aromatic heterocycles. The fraction of sp³-hybridized carbons (Fsp3) is 0.833. The lowest BCUT2D eigenvalue weighted by Crippen LogP contribution is -2.08. The van der Waals surface area contributed by atoms with E-state index in [0.29, 0.717) is 0 Å². The van der Waals surface area contributed by atoms with Crippen LogP contribution >= 0.6 is 0 Å². The highest BCUT2D eigenvalue weighted by molar-refractivity contribution is 5.78. The summed E-state index contributed by atoms with van der Waals surface area (Å²) in [5.41, 5.74) is 0. The van der Waals surface area contributed by atoms with Crippen molar-refractivity contribution in [1.82, 2.24) is 0 Å². The summed E-state index contributed by atoms with van der Waals surface area (Å²) >= 11 is 0. The fourth-order valence-electron chi connectivity index (χ4n) is 1.07. The molecule has 3 nitrogen and oxygen atoms in total. The quantitative estimate of drug-likeness (QED) is 0.589. The topological polar surface area (TPSA) is 46.5 Å². The maximum atomic E-state index is 12.4. The van der Waals surface area contributed by atoms with Gasteiger partial charge in [-0.15, -0.1) is 0 Å². The Kier molecular flexibility index (Phi) is 1.83. The van der Waals surface area contributed by atoms with Gasteiger partial charge in [-0.1, -0.05) is 0 Å². The van der Waals surface area contributed by atoms with Crippen LogP contribution < -0.4 is 0 Å². The summed E-state index contributed by atoms with van der Waals surface area (Å²) in [5, 5.41) is 8.37. The molecule has 1 rings (SSSR count). The lowest BCUT2D eigenvalue weighted by molar-refractivity contribution is -0.144. The minimum absolute atomic E-state index is 0.674. The van der Waals surface area contributed by atoms with Crippen LogP contribution in [0.25, 0.3) is 0 Å². The van der Waals surface area contributed by atoms with Crippen LogP contribution in [0.2, 0.25) is 0 Å². The third-order valence-corrected chi connectivity index (χ3v) is 1.85. The molecule has 0 saturated heterocycles. The van der Waals surface area contributed by atoms with Crippen molar-refractivity contribution in [3.05, 3.63) is 0 Å². The van der Waals surface area contributed by atoms with E-state index in [1.165, 1.54) is 0 Å². The van der Waals surface area contributed by atoms with E-state index in [4.69, 9.17) is 5.11 Å². The Bertz CT molecular complexity index is 181. The molecule has 0 aromatic carbocycles. The van der Waals surface area contributed by atoms with E-state index in [2.05, 4.69) is 4.74 Å². The molecule has 1 aliphatic rings. The molecule has 2 unspecified atom stereocenters. The Labute approximate surface area is 62.0 Å². The summed E-state index contributed by atoms with van der Waals surface area (Å²) in [7, 11) is 1.05. The van der Waals surface area contributed by atoms with Gasteiger partial charge in [0.15, 0.2) is 0 Å². The van der Waals surface area contributed by atoms with Gasteiger partial charge in [0, 0.05) is 0 Å². The van der Waals surface area contributed by atoms with E-state index < -0.39 is 30.3 Å². The molecule has 11 heavy (non-hydrogen) atoms. The van der Waals surface area contributed by atoms with Crippen molar-refractivity contribution in [3.8, 4) is 0 Å². The summed E-state index contributed by atoms with van der Waals surface area (Å²) in [4.78, 5) is 10.5. The van der Waals surface area contributed by atoms with Gasteiger partial charge >= 0.3 is 5.97 Å². The average Bonchev–Trinajstić information content (AvgIpc) is 2.51. The normalized spacial score (nSPS) is 33.1. The highest BCUT2D eigenvalue weighted by Crippen LogP contribution is 2.55. The minimum Gasteiger partial charge on any atom is -0.469 e. The number of rotatable bonds is 2. The number of hydrogen-bond acceptors (Lipinski definition) is 3. The minimum atomic E-state index is -3.07. The molecule has 5 heteroatoms. The molecule has 0 aromatic rings. The Hall–Kier alpha value is -0.710. The molecule has 0 amide bonds. The Morgan fingerprint density at radius 2 is 2.27 bits per heavy atom. The lowest BCUT2D eigenvalue weighted by atomic mass is 10.3. The van der Waals surface area contributed by atoms with E-state index in [1.54, 1.807) is 0 Å². The molecule has 64 valence electrons. The molecule has 0 heterocycles. The molecule has 0 aliphatic heterocycles. The summed E-state index contributed by atoms with van der Waals surface area (Å²) in [6, 6.07) is 0. The smallest absolute Gasteiger partial charge is 0.315 e. The number of ether oxygens (including phenoxy) is 1. The molecule has 1 N–H and O–H groups in total. The van der Waals surface area contributed by atoms with Crippen LogP contribution in [0.3, 0.4) is 0 Å². The number of alkyl halides is 2. The van der Waals surface area contributed by atoms with Crippen molar-refractivity contribution < 1.29 is 23.4 Å². The molecule has 0 radical (unpaired) electrons. The Morgan fingerprint density at radius 1 is 1.73 bits per heavy atom. The number of hydrogen-bond donors (Lipinski definition) is 1. The lowest BCUT2D eigenvalue weighted by Gasteiger charge is -1.93. The highest BCUT2D eigenvalue weighted by Gasteiger charge is 2.72. The first-order chi connectivity index (χ1) is 5.05. The summed E-state index contributed by atoms with van der Waals surface area (Å²) in [5.74, 6) is -6.69. The third kappa shape index (κ3) is 1.09. The number of halogens is 2. The van der Waals surface area contributed by atoms with Crippen LogP contribution in [0.15, 0.2) is 0 Å². The monoisotopic (exact) mass is 166 g/mol. The standard InChI is InChI=1S/C6H8F2O3/c1-11-5(10)4-3(2-9)6(4,7)8/h3-4,9H,2H2,1H3. The van der Waals surface area contributed by atoms with Gasteiger partial charge in [0.25, 0.3) is 5.92 Å². The summed E-state index contributed by atoms with van der Waals surface area (Å²) in [6.07, 6.45) is 0. The van der Waals surface area contributed by atoms with Crippen LogP contribution in [-0.2, 0) is 9.53 Å². The number of aliphatic hydroxyl groups is 1. The summed E-state index contributed by atoms with van der Waals surface area (Å²) < 4.78 is 29.0. The van der Waals surface area contributed by atoms with Gasteiger partial charge in [0.05, 0.1) is 19.6 Å². The van der Waals surface area contributed by atoms with Crippen LogP contribution in [0.1, 0.15) is 0 Å². The molecule has 0 bridgehead atoms. The fourth-order valence-corrected chi connectivity index (χ4v) is 1.07. The first-order valence-corrected chi connectivity index (χ1v) is 3.12. The van der Waals surface area contributed by atoms with Crippen molar-refractivity contribution in [2.45, 2.75) is 5.92 Å². The number of carbonyl (C=O) groups is 1. The molecular formula is C6H8F2O3. The largest absolute Gasteiger partial charge is 0.469 e. The van der Waals surface area contributed by atoms with Gasteiger partial charge in [-0.05, 0) is 0 Å². The maximum Gasteiger partial charge on any atom is 0.315 e. The van der Waals surface area contributed by atoms with Crippen molar-refractivity contribution in [3.63, 3.8) is 0 Å². The van der Waals surface area contributed by atoms with Gasteiger partial charge in [0.2, 0.25) is 0 Å². The number of aliphatic hydroxyl groups excluding tert-OH is 1. The van der Waals surface area contributed by atoms with E-state index in [0.717, 1.165) is 7.11 Å². The van der Waals surface area contributed by atoms with Crippen molar-refractivity contribution >= 4 is 5.97 Å². The molecule has 1 aliphatic carbocycles. The van der Waals surface area contributed by atoms with E-state index in [1.807, 2.05) is 0 Å². The zero-order valence-electron chi connectivity index (χ0n) is 5.88. The van der Waals surface area contributed by atoms with Gasteiger partial charge < -0.3 is 9.84 Å². The second-order valence-electron chi connectivity index (χ2n) is 2.46. The van der Waals surface area contributed by atoms with Gasteiger partial charge in [-0.2, -0.15) is 0 Å². The second-order valence-corrected chi connectivity index (χ2v) is 2.46. The maximum absolute atomic E-state index is 12.4. The van der Waals surface area contributed by atoms with Crippen molar-refractivity contribution in [2.75, 3.05) is 13.7 Å². The number of esters is 1. The van der Waals surface area contributed by atoms with Crippen molar-refractivity contribution in [1.29, 1.82) is 0 Å². The summed E-state index contributed by atoms with van der Waals surface area (Å²) in [6.45, 7) is -0.674. The highest BCUT2D eigenvalue weighted by atomic mass is 19.3. The zero-order valence-corrected chi connectivity index (χ0v) is 5.88. The molecule has 1 fully saturated rings. The number of carbonyl (C=O) groups excluding carboxylic acids is 1.